The Morgan fingerprint density at radius 2 is 0.926 bits per heavy atom. The molecule has 0 unspecified atom stereocenters. The molecule has 0 saturated carbocycles. The van der Waals surface area contributed by atoms with Crippen molar-refractivity contribution in [3.8, 4) is 33.8 Å². The number of ether oxygens (including phenoxy) is 4. The minimum absolute atomic E-state index is 0.0119. The fourth-order valence-electron chi connectivity index (χ4n) is 7.73. The number of nitrogens with zero attached hydrogens (tertiary/aromatic N) is 2. The van der Waals surface area contributed by atoms with Crippen LogP contribution in [-0.2, 0) is 32.0 Å². The standard InChI is InChI=1S/C25H24BrNO7.C25H24FNO7/c2*1-31-9-7-27(8-10-32-2)14-20-21(28)5-4-17-18(13-23(29)34-24(17)20)19-12-15-11-16(26)3-6-22(15)33-25(19)30/h2*3-6,11-13,28H,7-10,14H2,1-2H3. The molecule has 16 nitrogen and oxygen atoms in total. The zero-order valence-electron chi connectivity index (χ0n) is 37.6. The van der Waals surface area contributed by atoms with E-state index in [0.717, 1.165) is 4.47 Å². The van der Waals surface area contributed by atoms with Gasteiger partial charge in [0.05, 0.1) is 48.7 Å². The number of benzene rings is 4. The second-order valence-electron chi connectivity index (χ2n) is 15.6. The van der Waals surface area contributed by atoms with Crippen molar-refractivity contribution in [2.24, 2.45) is 0 Å². The molecule has 4 heterocycles. The molecule has 356 valence electrons. The Balaban J connectivity index is 0.000000201. The first-order chi connectivity index (χ1) is 32.8. The van der Waals surface area contributed by atoms with Crippen molar-refractivity contribution in [3.05, 3.63) is 148 Å². The first kappa shape index (κ1) is 49.4. The molecule has 18 heteroatoms. The number of fused-ring (bicyclic) bond motifs is 4. The van der Waals surface area contributed by atoms with Crippen LogP contribution in [0.5, 0.6) is 11.5 Å². The largest absolute Gasteiger partial charge is 0.507 e. The third-order valence-electron chi connectivity index (χ3n) is 11.2. The molecule has 4 aromatic carbocycles. The number of hydrogen-bond donors (Lipinski definition) is 2. The lowest BCUT2D eigenvalue weighted by Gasteiger charge is -2.22. The highest BCUT2D eigenvalue weighted by Crippen LogP contribution is 2.36. The van der Waals surface area contributed by atoms with Gasteiger partial charge in [-0.25, -0.2) is 23.6 Å². The zero-order valence-corrected chi connectivity index (χ0v) is 39.2. The molecule has 0 saturated heterocycles. The van der Waals surface area contributed by atoms with Crippen LogP contribution >= 0.6 is 15.9 Å². The topological polar surface area (TPSA) is 205 Å². The highest BCUT2D eigenvalue weighted by atomic mass is 79.9. The lowest BCUT2D eigenvalue weighted by molar-refractivity contribution is 0.110. The SMILES string of the molecule is COCCN(CCOC)Cc1c(O)ccc2c(-c3cc4cc(Br)ccc4oc3=O)cc(=O)oc12.COCCN(CCOC)Cc1c(O)ccc2c(-c3cc4cc(F)ccc4oc3=O)cc(=O)oc12. The highest BCUT2D eigenvalue weighted by molar-refractivity contribution is 9.10. The maximum absolute atomic E-state index is 13.7. The molecule has 0 fully saturated rings. The van der Waals surface area contributed by atoms with Gasteiger partial charge in [0.25, 0.3) is 0 Å². The number of phenols is 2. The fraction of sp³-hybridized carbons (Fsp3) is 0.280. The molecule has 0 spiro atoms. The molecule has 0 amide bonds. The molecule has 0 aliphatic carbocycles. The van der Waals surface area contributed by atoms with Crippen LogP contribution in [0.25, 0.3) is 66.1 Å². The summed E-state index contributed by atoms with van der Waals surface area (Å²) >= 11 is 3.42. The van der Waals surface area contributed by atoms with E-state index < -0.39 is 28.3 Å². The van der Waals surface area contributed by atoms with Gasteiger partial charge < -0.3 is 46.8 Å². The summed E-state index contributed by atoms with van der Waals surface area (Å²) in [6.45, 7) is 4.71. The van der Waals surface area contributed by atoms with Crippen molar-refractivity contribution in [2.45, 2.75) is 13.1 Å². The average molecular weight is 1000 g/mol. The van der Waals surface area contributed by atoms with E-state index in [-0.39, 0.29) is 51.5 Å². The van der Waals surface area contributed by atoms with Gasteiger partial charge in [0.1, 0.15) is 39.6 Å². The minimum atomic E-state index is -0.701. The third-order valence-corrected chi connectivity index (χ3v) is 11.7. The van der Waals surface area contributed by atoms with E-state index in [1.54, 1.807) is 58.8 Å². The van der Waals surface area contributed by atoms with E-state index in [2.05, 4.69) is 15.9 Å². The molecule has 8 rings (SSSR count). The van der Waals surface area contributed by atoms with Crippen LogP contribution in [0.15, 0.2) is 126 Å². The average Bonchev–Trinajstić information content (AvgIpc) is 3.31. The van der Waals surface area contributed by atoms with Gasteiger partial charge in [-0.15, -0.1) is 0 Å². The molecule has 68 heavy (non-hydrogen) atoms. The summed E-state index contributed by atoms with van der Waals surface area (Å²) in [6, 6.07) is 21.0. The van der Waals surface area contributed by atoms with Crippen LogP contribution in [0.1, 0.15) is 11.1 Å². The summed E-state index contributed by atoms with van der Waals surface area (Å²) in [5.74, 6) is -0.550. The van der Waals surface area contributed by atoms with Crippen LogP contribution in [0, 0.1) is 5.82 Å². The fourth-order valence-corrected chi connectivity index (χ4v) is 8.11. The summed E-state index contributed by atoms with van der Waals surface area (Å²) in [5, 5.41) is 23.3. The summed E-state index contributed by atoms with van der Waals surface area (Å²) < 4.78 is 57.2. The minimum Gasteiger partial charge on any atom is -0.507 e. The summed E-state index contributed by atoms with van der Waals surface area (Å²) in [4.78, 5) is 54.7. The van der Waals surface area contributed by atoms with Crippen molar-refractivity contribution < 1.29 is 51.2 Å². The van der Waals surface area contributed by atoms with E-state index in [9.17, 15) is 33.8 Å². The van der Waals surface area contributed by atoms with Gasteiger partial charge >= 0.3 is 22.5 Å². The second kappa shape index (κ2) is 22.5. The Kier molecular flexibility index (Phi) is 16.4. The Bertz CT molecular complexity index is 3090. The number of methoxy groups -OCH3 is 4. The molecule has 0 radical (unpaired) electrons. The molecular formula is C50H48BrFN2O14. The predicted octanol–water partition coefficient (Wildman–Crippen LogP) is 7.64. The van der Waals surface area contributed by atoms with Crippen LogP contribution in [0.3, 0.4) is 0 Å². The summed E-state index contributed by atoms with van der Waals surface area (Å²) in [6.07, 6.45) is 0. The van der Waals surface area contributed by atoms with E-state index in [0.29, 0.717) is 103 Å². The Hall–Kier alpha value is -6.51. The lowest BCUT2D eigenvalue weighted by atomic mass is 9.99. The van der Waals surface area contributed by atoms with Gasteiger partial charge in [0.15, 0.2) is 0 Å². The number of halogens is 2. The van der Waals surface area contributed by atoms with Crippen LogP contribution in [0.2, 0.25) is 0 Å². The van der Waals surface area contributed by atoms with Crippen molar-refractivity contribution in [1.29, 1.82) is 0 Å². The van der Waals surface area contributed by atoms with E-state index in [4.69, 9.17) is 36.6 Å². The van der Waals surface area contributed by atoms with Crippen molar-refractivity contribution >= 4 is 59.8 Å². The second-order valence-corrected chi connectivity index (χ2v) is 16.5. The molecule has 2 N–H and O–H groups in total. The number of hydrogen-bond acceptors (Lipinski definition) is 16. The highest BCUT2D eigenvalue weighted by Gasteiger charge is 2.22. The monoisotopic (exact) mass is 998 g/mol. The van der Waals surface area contributed by atoms with Gasteiger partial charge in [-0.2, -0.15) is 0 Å². The van der Waals surface area contributed by atoms with Crippen LogP contribution in [0.4, 0.5) is 4.39 Å². The Morgan fingerprint density at radius 1 is 0.515 bits per heavy atom. The number of rotatable bonds is 18. The first-order valence-corrected chi connectivity index (χ1v) is 22.1. The molecule has 0 atom stereocenters. The number of phenolic OH excluding ortho intramolecular Hbond substituents is 2. The molecule has 4 aromatic heterocycles. The van der Waals surface area contributed by atoms with Gasteiger partial charge in [-0.1, -0.05) is 15.9 Å². The van der Waals surface area contributed by atoms with Gasteiger partial charge in [0.2, 0.25) is 0 Å². The Labute approximate surface area is 395 Å². The van der Waals surface area contributed by atoms with Gasteiger partial charge in [-0.3, -0.25) is 9.80 Å². The quantitative estimate of drug-likeness (QED) is 0.0793. The van der Waals surface area contributed by atoms with Gasteiger partial charge in [0, 0.05) is 117 Å². The van der Waals surface area contributed by atoms with E-state index in [1.165, 1.54) is 48.5 Å². The first-order valence-electron chi connectivity index (χ1n) is 21.3. The molecule has 0 aliphatic rings. The maximum atomic E-state index is 13.7. The van der Waals surface area contributed by atoms with Crippen LogP contribution in [-0.4, -0.2) is 101 Å². The lowest BCUT2D eigenvalue weighted by Crippen LogP contribution is -2.30. The van der Waals surface area contributed by atoms with Crippen LogP contribution < -0.4 is 22.5 Å². The van der Waals surface area contributed by atoms with E-state index in [1.807, 2.05) is 15.9 Å². The Morgan fingerprint density at radius 3 is 1.35 bits per heavy atom. The maximum Gasteiger partial charge on any atom is 0.344 e. The smallest absolute Gasteiger partial charge is 0.344 e. The van der Waals surface area contributed by atoms with E-state index >= 15 is 0 Å². The van der Waals surface area contributed by atoms with Crippen molar-refractivity contribution in [3.63, 3.8) is 0 Å². The molecule has 8 aromatic rings. The molecular weight excluding hydrogens is 951 g/mol. The van der Waals surface area contributed by atoms with Crippen molar-refractivity contribution in [2.75, 3.05) is 81.0 Å². The van der Waals surface area contributed by atoms with Gasteiger partial charge in [-0.05, 0) is 72.8 Å². The summed E-state index contributed by atoms with van der Waals surface area (Å²) in [7, 11) is 6.41. The van der Waals surface area contributed by atoms with Crippen molar-refractivity contribution in [1.82, 2.24) is 9.80 Å². The molecule has 0 aliphatic heterocycles. The zero-order chi connectivity index (χ0) is 48.5. The summed E-state index contributed by atoms with van der Waals surface area (Å²) in [5.41, 5.74) is 0.253. The number of aromatic hydroxyl groups is 2. The predicted molar refractivity (Wildman–Crippen MR) is 257 cm³/mol. The molecule has 0 bridgehead atoms. The normalized spacial score (nSPS) is 11.6. The third kappa shape index (κ3) is 11.4.